The molecule has 0 aromatic carbocycles. The normalized spacial score (nSPS) is 27.6. The molecule has 2 aliphatic rings. The fourth-order valence-electron chi connectivity index (χ4n) is 4.57. The third-order valence-corrected chi connectivity index (χ3v) is 29.3. The van der Waals surface area contributed by atoms with E-state index in [1.54, 1.807) is 11.1 Å². The van der Waals surface area contributed by atoms with Gasteiger partial charge in [0.2, 0.25) is 0 Å². The summed E-state index contributed by atoms with van der Waals surface area (Å²) in [5, 5.41) is 0. The van der Waals surface area contributed by atoms with Crippen molar-refractivity contribution in [3.63, 3.8) is 0 Å². The minimum absolute atomic E-state index is 0. The zero-order chi connectivity index (χ0) is 16.4. The second-order valence-electron chi connectivity index (χ2n) is 7.74. The molecular formula is C20H35Cl2SiZr. The topological polar surface area (TPSA) is 0 Å². The van der Waals surface area contributed by atoms with Crippen LogP contribution in [0.1, 0.15) is 53.4 Å². The molecule has 4 heteroatoms. The first kappa shape index (κ1) is 24.6. The predicted molar refractivity (Wildman–Crippen MR) is 114 cm³/mol. The van der Waals surface area contributed by atoms with Crippen molar-refractivity contribution in [2.45, 2.75) is 72.7 Å². The second kappa shape index (κ2) is 10.1. The molecule has 0 N–H and O–H groups in total. The molecule has 24 heavy (non-hydrogen) atoms. The summed E-state index contributed by atoms with van der Waals surface area (Å²) in [6, 6.07) is 0. The number of halogens is 2. The zero-order valence-electron chi connectivity index (χ0n) is 16.2. The number of rotatable bonds is 7. The smallest absolute Gasteiger partial charge is 0.147 e. The van der Waals surface area contributed by atoms with Gasteiger partial charge in [0, 0.05) is 0 Å². The Hall–Kier alpha value is 0.640. The molecule has 0 nitrogen and oxygen atoms in total. The fraction of sp³-hybridized carbons (Fsp3) is 0.600. The summed E-state index contributed by atoms with van der Waals surface area (Å²) in [5.41, 5.74) is 3.20. The predicted octanol–water partition coefficient (Wildman–Crippen LogP) is 7.38. The first-order chi connectivity index (χ1) is 10.3. The zero-order valence-corrected chi connectivity index (χ0v) is 21.4. The van der Waals surface area contributed by atoms with E-state index in [0.717, 1.165) is 0 Å². The van der Waals surface area contributed by atoms with E-state index in [4.69, 9.17) is 0 Å². The average molecular weight is 466 g/mol. The molecule has 137 valence electrons. The van der Waals surface area contributed by atoms with Crippen LogP contribution in [0.3, 0.4) is 0 Å². The van der Waals surface area contributed by atoms with Crippen molar-refractivity contribution < 1.29 is 20.9 Å². The minimum Gasteiger partial charge on any atom is -0.147 e. The molecule has 2 aliphatic carbocycles. The molecule has 0 aromatic rings. The van der Waals surface area contributed by atoms with Crippen LogP contribution in [0.5, 0.6) is 0 Å². The maximum Gasteiger partial charge on any atom is -0.147 e. The van der Waals surface area contributed by atoms with Gasteiger partial charge in [-0.2, -0.15) is 0 Å². The van der Waals surface area contributed by atoms with Crippen molar-refractivity contribution in [1.29, 1.82) is 0 Å². The van der Waals surface area contributed by atoms with Gasteiger partial charge in [0.25, 0.3) is 0 Å². The van der Waals surface area contributed by atoms with E-state index in [0.29, 0.717) is 6.25 Å². The van der Waals surface area contributed by atoms with Crippen molar-refractivity contribution in [2.24, 2.45) is 0 Å². The first-order valence-electron chi connectivity index (χ1n) is 9.04. The molecule has 0 saturated heterocycles. The number of hydrogen-bond donors (Lipinski definition) is 0. The van der Waals surface area contributed by atoms with Crippen LogP contribution in [0.25, 0.3) is 0 Å². The Balaban J connectivity index is 0.00000264. The number of hydrogen-bond acceptors (Lipinski definition) is 0. The quantitative estimate of drug-likeness (QED) is 0.344. The van der Waals surface area contributed by atoms with Crippen LogP contribution in [0, 0.1) is 0 Å². The van der Waals surface area contributed by atoms with Gasteiger partial charge in [0.1, 0.15) is 0 Å². The van der Waals surface area contributed by atoms with Gasteiger partial charge in [0.05, 0.1) is 0 Å². The first-order valence-corrected chi connectivity index (χ1v) is 18.6. The van der Waals surface area contributed by atoms with E-state index in [1.165, 1.54) is 25.7 Å². The molecule has 0 heterocycles. The molecule has 0 fully saturated rings. The molecule has 0 radical (unpaired) electrons. The van der Waals surface area contributed by atoms with Crippen molar-refractivity contribution >= 4 is 30.7 Å². The maximum atomic E-state index is 2.67. The Morgan fingerprint density at radius 1 is 0.833 bits per heavy atom. The van der Waals surface area contributed by atoms with Crippen molar-refractivity contribution in [2.75, 3.05) is 0 Å². The molecule has 0 bridgehead atoms. The van der Waals surface area contributed by atoms with Crippen LogP contribution in [-0.4, -0.2) is 5.92 Å². The average Bonchev–Trinajstić information content (AvgIpc) is 2.95. The van der Waals surface area contributed by atoms with Gasteiger partial charge < -0.3 is 0 Å². The third-order valence-electron chi connectivity index (χ3n) is 5.07. The Kier molecular flexibility index (Phi) is 10.4. The summed E-state index contributed by atoms with van der Waals surface area (Å²) >= 11 is -1.66. The second-order valence-corrected chi connectivity index (χ2v) is 29.3. The van der Waals surface area contributed by atoms with E-state index in [2.05, 4.69) is 77.2 Å². The Morgan fingerprint density at radius 3 is 1.50 bits per heavy atom. The van der Waals surface area contributed by atoms with E-state index in [-0.39, 0.29) is 24.8 Å². The van der Waals surface area contributed by atoms with Gasteiger partial charge >= 0.3 is 147 Å². The molecule has 2 atom stereocenters. The summed E-state index contributed by atoms with van der Waals surface area (Å²) in [5.74, 6) is -0.616. The summed E-state index contributed by atoms with van der Waals surface area (Å²) in [4.78, 5) is 0. The van der Waals surface area contributed by atoms with Crippen LogP contribution < -0.4 is 0 Å². The van der Waals surface area contributed by atoms with Gasteiger partial charge in [-0.25, -0.2) is 0 Å². The van der Waals surface area contributed by atoms with E-state index in [1.807, 2.05) is 0 Å². The fourth-order valence-corrected chi connectivity index (χ4v) is 33.4. The van der Waals surface area contributed by atoms with E-state index in [9.17, 15) is 0 Å². The Bertz CT molecular complexity index is 492. The van der Waals surface area contributed by atoms with E-state index >= 15 is 0 Å². The molecule has 0 aromatic heterocycles. The van der Waals surface area contributed by atoms with Crippen LogP contribution in [0.4, 0.5) is 0 Å². The Morgan fingerprint density at radius 2 is 1.21 bits per heavy atom. The van der Waals surface area contributed by atoms with Crippen LogP contribution in [-0.2, 0) is 20.9 Å². The van der Waals surface area contributed by atoms with Crippen molar-refractivity contribution in [1.82, 2.24) is 0 Å². The monoisotopic (exact) mass is 463 g/mol. The van der Waals surface area contributed by atoms with Gasteiger partial charge in [-0.1, -0.05) is 0 Å². The Labute approximate surface area is 171 Å². The largest absolute Gasteiger partial charge is 0.147 e. The molecule has 2 unspecified atom stereocenters. The molecule has 0 saturated carbocycles. The maximum absolute atomic E-state index is 2.67. The standard InChI is InChI=1S/2C9H13.C2H7Si.2ClH.Zr/c2*1-3-4-9-6-5-8(2)7-9;1-3-2;;;/h2*5-7H,3-4H2,1-2H3;3H,1-2H3;2*1H;. The van der Waals surface area contributed by atoms with Gasteiger partial charge in [-0.05, 0) is 0 Å². The van der Waals surface area contributed by atoms with Crippen molar-refractivity contribution in [3.05, 3.63) is 47.6 Å². The SMILES string of the molecule is CCCC1=C[C](C)([Zr]([SiH](C)C)[C]2(C)C=CC(CCC)=C2)C=C1.Cl.Cl. The van der Waals surface area contributed by atoms with Crippen LogP contribution in [0.15, 0.2) is 47.6 Å². The van der Waals surface area contributed by atoms with Crippen LogP contribution in [0.2, 0.25) is 19.3 Å². The van der Waals surface area contributed by atoms with Gasteiger partial charge in [-0.15, -0.1) is 24.8 Å². The summed E-state index contributed by atoms with van der Waals surface area (Å²) in [6.45, 7) is 14.9. The molecule has 0 spiro atoms. The summed E-state index contributed by atoms with van der Waals surface area (Å²) in [7, 11) is 0. The van der Waals surface area contributed by atoms with Gasteiger partial charge in [0.15, 0.2) is 0 Å². The number of allylic oxidation sites excluding steroid dienone is 8. The van der Waals surface area contributed by atoms with E-state index < -0.39 is 26.8 Å². The molecule has 0 amide bonds. The van der Waals surface area contributed by atoms with Crippen molar-refractivity contribution in [3.8, 4) is 0 Å². The summed E-state index contributed by atoms with van der Waals surface area (Å²) in [6.07, 6.45) is 20.4. The van der Waals surface area contributed by atoms with Crippen LogP contribution >= 0.6 is 24.8 Å². The molecule has 0 aliphatic heterocycles. The van der Waals surface area contributed by atoms with Gasteiger partial charge in [-0.3, -0.25) is 0 Å². The molecular weight excluding hydrogens is 430 g/mol. The minimum atomic E-state index is -1.66. The third kappa shape index (κ3) is 5.32. The summed E-state index contributed by atoms with van der Waals surface area (Å²) < 4.78 is 0.870. The molecule has 2 rings (SSSR count).